The molecular weight excluding hydrogens is 308 g/mol. The summed E-state index contributed by atoms with van der Waals surface area (Å²) in [6.45, 7) is 4.59. The molecule has 25 heavy (non-hydrogen) atoms. The van der Waals surface area contributed by atoms with Gasteiger partial charge in [0.2, 0.25) is 0 Å². The maximum absolute atomic E-state index is 12.3. The fraction of sp³-hybridized carbons (Fsp3) is 0.609. The van der Waals surface area contributed by atoms with E-state index in [1.54, 1.807) is 0 Å². The Kier molecular flexibility index (Phi) is 6.19. The topological polar surface area (TPSA) is 26.3 Å². The molecule has 0 N–H and O–H groups in total. The first kappa shape index (κ1) is 18.1. The van der Waals surface area contributed by atoms with Crippen molar-refractivity contribution in [3.8, 4) is 17.6 Å². The second-order valence-electron chi connectivity index (χ2n) is 8.13. The molecule has 0 aromatic heterocycles. The number of ether oxygens (including phenoxy) is 1. The Bertz CT molecular complexity index is 618. The second-order valence-corrected chi connectivity index (χ2v) is 8.13. The van der Waals surface area contributed by atoms with Crippen LogP contribution >= 0.6 is 0 Å². The Hall–Kier alpha value is -1.75. The van der Waals surface area contributed by atoms with Crippen LogP contribution in [-0.2, 0) is 4.79 Å². The van der Waals surface area contributed by atoms with Gasteiger partial charge < -0.3 is 4.74 Å². The third-order valence-corrected chi connectivity index (χ3v) is 5.86. The Morgan fingerprint density at radius 1 is 0.880 bits per heavy atom. The van der Waals surface area contributed by atoms with E-state index < -0.39 is 0 Å². The van der Waals surface area contributed by atoms with E-state index in [1.807, 2.05) is 24.3 Å². The zero-order valence-corrected chi connectivity index (χ0v) is 15.6. The average molecular weight is 338 g/mol. The van der Waals surface area contributed by atoms with Gasteiger partial charge in [-0.05, 0) is 87.5 Å². The number of carbonyl (C=O) groups is 1. The summed E-state index contributed by atoms with van der Waals surface area (Å²) >= 11 is 0. The summed E-state index contributed by atoms with van der Waals surface area (Å²) in [5.41, 5.74) is 1.00. The predicted octanol–water partition coefficient (Wildman–Crippen LogP) is 5.60. The number of carbonyl (C=O) groups excluding carboxylic acids is 1. The quantitative estimate of drug-likeness (QED) is 0.399. The van der Waals surface area contributed by atoms with Gasteiger partial charge >= 0.3 is 5.97 Å². The minimum Gasteiger partial charge on any atom is -0.426 e. The molecule has 0 bridgehead atoms. The van der Waals surface area contributed by atoms with E-state index in [9.17, 15) is 4.79 Å². The van der Waals surface area contributed by atoms with Crippen LogP contribution in [0.1, 0.15) is 70.8 Å². The van der Waals surface area contributed by atoms with Crippen molar-refractivity contribution in [3.63, 3.8) is 0 Å². The lowest BCUT2D eigenvalue weighted by Gasteiger charge is -2.24. The number of esters is 1. The molecule has 134 valence electrons. The molecule has 1 aromatic rings. The standard InChI is InChI=1S/C23H30O2/c1-17-3-7-19(8-4-17)9-10-20-11-15-22(16-12-20)25-23(24)21-13-5-18(2)6-14-21/h11-12,15-19,21H,3-8,13-14H2,1-2H3. The van der Waals surface area contributed by atoms with Crippen molar-refractivity contribution in [3.05, 3.63) is 29.8 Å². The minimum absolute atomic E-state index is 0.0675. The summed E-state index contributed by atoms with van der Waals surface area (Å²) in [5, 5.41) is 0. The molecular formula is C23H30O2. The van der Waals surface area contributed by atoms with Crippen molar-refractivity contribution in [1.82, 2.24) is 0 Å². The Morgan fingerprint density at radius 2 is 1.44 bits per heavy atom. The van der Waals surface area contributed by atoms with Gasteiger partial charge in [0.1, 0.15) is 5.75 Å². The molecule has 2 aliphatic carbocycles. The number of hydrogen-bond acceptors (Lipinski definition) is 2. The molecule has 0 radical (unpaired) electrons. The van der Waals surface area contributed by atoms with Gasteiger partial charge in [-0.2, -0.15) is 0 Å². The summed E-state index contributed by atoms with van der Waals surface area (Å²) < 4.78 is 5.56. The van der Waals surface area contributed by atoms with Gasteiger partial charge in [0, 0.05) is 11.5 Å². The van der Waals surface area contributed by atoms with Crippen LogP contribution in [0.5, 0.6) is 5.75 Å². The molecule has 1 aromatic carbocycles. The maximum atomic E-state index is 12.3. The van der Waals surface area contributed by atoms with Crippen LogP contribution in [0.2, 0.25) is 0 Å². The van der Waals surface area contributed by atoms with Gasteiger partial charge in [0.05, 0.1) is 5.92 Å². The molecule has 3 rings (SSSR count). The van der Waals surface area contributed by atoms with E-state index in [0.29, 0.717) is 11.7 Å². The third kappa shape index (κ3) is 5.36. The van der Waals surface area contributed by atoms with E-state index in [1.165, 1.54) is 25.7 Å². The average Bonchev–Trinajstić information content (AvgIpc) is 2.63. The molecule has 0 heterocycles. The first-order valence-electron chi connectivity index (χ1n) is 9.93. The van der Waals surface area contributed by atoms with E-state index in [-0.39, 0.29) is 11.9 Å². The molecule has 2 nitrogen and oxygen atoms in total. The molecule has 0 unspecified atom stereocenters. The van der Waals surface area contributed by atoms with Crippen LogP contribution in [0.3, 0.4) is 0 Å². The molecule has 2 aliphatic rings. The minimum atomic E-state index is -0.0675. The van der Waals surface area contributed by atoms with Gasteiger partial charge in [0.25, 0.3) is 0 Å². The number of hydrogen-bond donors (Lipinski definition) is 0. The van der Waals surface area contributed by atoms with Crippen LogP contribution in [0.15, 0.2) is 24.3 Å². The zero-order valence-electron chi connectivity index (χ0n) is 15.6. The lowest BCUT2D eigenvalue weighted by Crippen LogP contribution is -2.24. The van der Waals surface area contributed by atoms with E-state index >= 15 is 0 Å². The summed E-state index contributed by atoms with van der Waals surface area (Å²) in [5.74, 6) is 9.50. The van der Waals surface area contributed by atoms with E-state index in [2.05, 4.69) is 25.7 Å². The lowest BCUT2D eigenvalue weighted by molar-refractivity contribution is -0.140. The number of benzene rings is 1. The fourth-order valence-electron chi connectivity index (χ4n) is 3.89. The van der Waals surface area contributed by atoms with Crippen LogP contribution in [0, 0.1) is 35.5 Å². The lowest BCUT2D eigenvalue weighted by atomic mass is 9.83. The smallest absolute Gasteiger partial charge is 0.314 e. The van der Waals surface area contributed by atoms with Crippen molar-refractivity contribution >= 4 is 5.97 Å². The first-order chi connectivity index (χ1) is 12.1. The highest BCUT2D eigenvalue weighted by Crippen LogP contribution is 2.30. The molecule has 0 aliphatic heterocycles. The Labute approximate surface area is 152 Å². The van der Waals surface area contributed by atoms with E-state index in [4.69, 9.17) is 4.74 Å². The predicted molar refractivity (Wildman–Crippen MR) is 101 cm³/mol. The molecule has 2 heteroatoms. The summed E-state index contributed by atoms with van der Waals surface area (Å²) in [4.78, 5) is 12.3. The summed E-state index contributed by atoms with van der Waals surface area (Å²) in [6, 6.07) is 7.67. The number of rotatable bonds is 2. The largest absolute Gasteiger partial charge is 0.426 e. The van der Waals surface area contributed by atoms with Crippen molar-refractivity contribution in [2.45, 2.75) is 65.2 Å². The van der Waals surface area contributed by atoms with Gasteiger partial charge in [-0.25, -0.2) is 0 Å². The van der Waals surface area contributed by atoms with E-state index in [0.717, 1.165) is 43.1 Å². The molecule has 0 atom stereocenters. The third-order valence-electron chi connectivity index (χ3n) is 5.86. The van der Waals surface area contributed by atoms with Crippen LogP contribution in [-0.4, -0.2) is 5.97 Å². The Morgan fingerprint density at radius 3 is 2.04 bits per heavy atom. The molecule has 2 fully saturated rings. The molecule has 0 saturated heterocycles. The van der Waals surface area contributed by atoms with Gasteiger partial charge in [-0.3, -0.25) is 4.79 Å². The molecule has 0 amide bonds. The summed E-state index contributed by atoms with van der Waals surface area (Å²) in [7, 11) is 0. The van der Waals surface area contributed by atoms with Crippen molar-refractivity contribution < 1.29 is 9.53 Å². The highest BCUT2D eigenvalue weighted by Gasteiger charge is 2.25. The van der Waals surface area contributed by atoms with Crippen LogP contribution < -0.4 is 4.74 Å². The van der Waals surface area contributed by atoms with Gasteiger partial charge in [-0.15, -0.1) is 0 Å². The first-order valence-corrected chi connectivity index (χ1v) is 9.93. The van der Waals surface area contributed by atoms with Crippen molar-refractivity contribution in [1.29, 1.82) is 0 Å². The maximum Gasteiger partial charge on any atom is 0.314 e. The zero-order chi connectivity index (χ0) is 17.6. The normalized spacial score (nSPS) is 29.4. The molecule has 2 saturated carbocycles. The highest BCUT2D eigenvalue weighted by molar-refractivity contribution is 5.75. The fourth-order valence-corrected chi connectivity index (χ4v) is 3.89. The second kappa shape index (κ2) is 8.56. The highest BCUT2D eigenvalue weighted by atomic mass is 16.5. The SMILES string of the molecule is CC1CCC(C#Cc2ccc(OC(=O)C3CCC(C)CC3)cc2)CC1. The van der Waals surface area contributed by atoms with Gasteiger partial charge in [0.15, 0.2) is 0 Å². The summed E-state index contributed by atoms with van der Waals surface area (Å²) in [6.07, 6.45) is 9.24. The van der Waals surface area contributed by atoms with Crippen LogP contribution in [0.25, 0.3) is 0 Å². The molecule has 0 spiro atoms. The van der Waals surface area contributed by atoms with Crippen molar-refractivity contribution in [2.24, 2.45) is 23.7 Å². The monoisotopic (exact) mass is 338 g/mol. The Balaban J connectivity index is 1.51. The van der Waals surface area contributed by atoms with Gasteiger partial charge in [-0.1, -0.05) is 25.7 Å². The van der Waals surface area contributed by atoms with Crippen LogP contribution in [0.4, 0.5) is 0 Å². The van der Waals surface area contributed by atoms with Crippen molar-refractivity contribution in [2.75, 3.05) is 0 Å².